The highest BCUT2D eigenvalue weighted by atomic mass is 14.9. The van der Waals surface area contributed by atoms with E-state index in [2.05, 4.69) is 48.4 Å². The molecule has 0 saturated heterocycles. The summed E-state index contributed by atoms with van der Waals surface area (Å²) in [5.74, 6) is 0.547. The predicted molar refractivity (Wildman–Crippen MR) is 89.5 cm³/mol. The van der Waals surface area contributed by atoms with Crippen molar-refractivity contribution < 1.29 is 0 Å². The molecule has 0 aliphatic heterocycles. The fourth-order valence-electron chi connectivity index (χ4n) is 3.21. The lowest BCUT2D eigenvalue weighted by atomic mass is 9.92. The first-order valence-electron chi connectivity index (χ1n) is 8.22. The van der Waals surface area contributed by atoms with Gasteiger partial charge in [-0.05, 0) is 60.7 Å². The molecular formula is C18H27N3. The van der Waals surface area contributed by atoms with Gasteiger partial charge in [-0.3, -0.25) is 0 Å². The molecule has 0 radical (unpaired) electrons. The molecule has 0 atom stereocenters. The molecule has 114 valence electrons. The van der Waals surface area contributed by atoms with Gasteiger partial charge < -0.3 is 16.0 Å². The summed E-state index contributed by atoms with van der Waals surface area (Å²) in [5.41, 5.74) is 9.89. The molecule has 21 heavy (non-hydrogen) atoms. The maximum atomic E-state index is 5.96. The Balaban J connectivity index is 1.64. The van der Waals surface area contributed by atoms with Crippen molar-refractivity contribution in [2.75, 3.05) is 0 Å². The summed E-state index contributed by atoms with van der Waals surface area (Å²) in [7, 11) is 0. The van der Waals surface area contributed by atoms with E-state index in [1.165, 1.54) is 35.0 Å². The minimum atomic E-state index is 0.425. The SMILES string of the molecule is CC(C)c1cc2cc(CNC3CCC(N)CC3)ccc2[nH]1. The van der Waals surface area contributed by atoms with Crippen LogP contribution in [0.2, 0.25) is 0 Å². The molecule has 0 bridgehead atoms. The van der Waals surface area contributed by atoms with Crippen LogP contribution in [0, 0.1) is 0 Å². The molecule has 1 aromatic heterocycles. The quantitative estimate of drug-likeness (QED) is 0.803. The first kappa shape index (κ1) is 14.6. The molecule has 4 N–H and O–H groups in total. The Hall–Kier alpha value is -1.32. The van der Waals surface area contributed by atoms with Gasteiger partial charge in [0.05, 0.1) is 0 Å². The third kappa shape index (κ3) is 3.47. The number of hydrogen-bond acceptors (Lipinski definition) is 2. The van der Waals surface area contributed by atoms with Gasteiger partial charge in [0.1, 0.15) is 0 Å². The van der Waals surface area contributed by atoms with Gasteiger partial charge in [-0.25, -0.2) is 0 Å². The Morgan fingerprint density at radius 1 is 1.19 bits per heavy atom. The number of aromatic nitrogens is 1. The first-order chi connectivity index (χ1) is 10.1. The van der Waals surface area contributed by atoms with Crippen LogP contribution in [0.15, 0.2) is 24.3 Å². The number of nitrogens with one attached hydrogen (secondary N) is 2. The van der Waals surface area contributed by atoms with E-state index in [9.17, 15) is 0 Å². The topological polar surface area (TPSA) is 53.8 Å². The molecular weight excluding hydrogens is 258 g/mol. The van der Waals surface area contributed by atoms with E-state index in [0.717, 1.165) is 19.4 Å². The zero-order valence-corrected chi connectivity index (χ0v) is 13.2. The van der Waals surface area contributed by atoms with E-state index in [0.29, 0.717) is 18.0 Å². The summed E-state index contributed by atoms with van der Waals surface area (Å²) in [6.45, 7) is 5.40. The molecule has 0 amide bonds. The number of rotatable bonds is 4. The highest BCUT2D eigenvalue weighted by Crippen LogP contribution is 2.22. The van der Waals surface area contributed by atoms with Crippen LogP contribution in [-0.4, -0.2) is 17.1 Å². The van der Waals surface area contributed by atoms with Gasteiger partial charge in [-0.1, -0.05) is 19.9 Å². The Bertz CT molecular complexity index is 592. The molecule has 0 unspecified atom stereocenters. The summed E-state index contributed by atoms with van der Waals surface area (Å²) in [4.78, 5) is 3.50. The van der Waals surface area contributed by atoms with Crippen molar-refractivity contribution in [3.05, 3.63) is 35.5 Å². The lowest BCUT2D eigenvalue weighted by molar-refractivity contribution is 0.342. The van der Waals surface area contributed by atoms with Crippen molar-refractivity contribution in [3.8, 4) is 0 Å². The monoisotopic (exact) mass is 285 g/mol. The summed E-state index contributed by atoms with van der Waals surface area (Å²) >= 11 is 0. The van der Waals surface area contributed by atoms with Crippen molar-refractivity contribution in [2.24, 2.45) is 5.73 Å². The van der Waals surface area contributed by atoms with E-state index in [-0.39, 0.29) is 0 Å². The van der Waals surface area contributed by atoms with Gasteiger partial charge in [0, 0.05) is 29.8 Å². The second-order valence-electron chi connectivity index (χ2n) is 6.79. The van der Waals surface area contributed by atoms with Crippen LogP contribution < -0.4 is 11.1 Å². The maximum absolute atomic E-state index is 5.96. The molecule has 1 fully saturated rings. The summed E-state index contributed by atoms with van der Waals surface area (Å²) in [6, 6.07) is 10.1. The summed E-state index contributed by atoms with van der Waals surface area (Å²) < 4.78 is 0. The zero-order chi connectivity index (χ0) is 14.8. The normalized spacial score (nSPS) is 23.0. The molecule has 1 saturated carbocycles. The molecule has 1 aliphatic carbocycles. The van der Waals surface area contributed by atoms with Gasteiger partial charge in [-0.15, -0.1) is 0 Å². The number of fused-ring (bicyclic) bond motifs is 1. The fraction of sp³-hybridized carbons (Fsp3) is 0.556. The molecule has 1 aliphatic rings. The van der Waals surface area contributed by atoms with Crippen LogP contribution in [0.25, 0.3) is 10.9 Å². The van der Waals surface area contributed by atoms with Crippen molar-refractivity contribution in [2.45, 2.75) is 64.1 Å². The van der Waals surface area contributed by atoms with Gasteiger partial charge in [0.2, 0.25) is 0 Å². The van der Waals surface area contributed by atoms with Crippen LogP contribution in [-0.2, 0) is 6.54 Å². The average molecular weight is 285 g/mol. The highest BCUT2D eigenvalue weighted by Gasteiger charge is 2.17. The van der Waals surface area contributed by atoms with Gasteiger partial charge >= 0.3 is 0 Å². The standard InChI is InChI=1S/C18H27N3/c1-12(2)18-10-14-9-13(3-8-17(14)21-18)11-20-16-6-4-15(19)5-7-16/h3,8-10,12,15-16,20-21H,4-7,11,19H2,1-2H3. The minimum Gasteiger partial charge on any atom is -0.358 e. The Morgan fingerprint density at radius 3 is 2.67 bits per heavy atom. The number of nitrogens with two attached hydrogens (primary N) is 1. The third-order valence-electron chi connectivity index (χ3n) is 4.69. The summed E-state index contributed by atoms with van der Waals surface area (Å²) in [5, 5.41) is 5.01. The summed E-state index contributed by atoms with van der Waals surface area (Å²) in [6.07, 6.45) is 4.74. The molecule has 1 aromatic carbocycles. The van der Waals surface area contributed by atoms with E-state index < -0.39 is 0 Å². The first-order valence-corrected chi connectivity index (χ1v) is 8.22. The lowest BCUT2D eigenvalue weighted by Gasteiger charge is -2.27. The van der Waals surface area contributed by atoms with E-state index in [4.69, 9.17) is 5.73 Å². The number of benzene rings is 1. The van der Waals surface area contributed by atoms with Crippen molar-refractivity contribution in [1.29, 1.82) is 0 Å². The second-order valence-corrected chi connectivity index (χ2v) is 6.79. The van der Waals surface area contributed by atoms with Crippen LogP contribution in [0.4, 0.5) is 0 Å². The third-order valence-corrected chi connectivity index (χ3v) is 4.69. The predicted octanol–water partition coefficient (Wildman–Crippen LogP) is 3.65. The second kappa shape index (κ2) is 6.20. The molecule has 3 nitrogen and oxygen atoms in total. The largest absolute Gasteiger partial charge is 0.358 e. The van der Waals surface area contributed by atoms with Crippen molar-refractivity contribution in [1.82, 2.24) is 10.3 Å². The van der Waals surface area contributed by atoms with Crippen LogP contribution in [0.3, 0.4) is 0 Å². The minimum absolute atomic E-state index is 0.425. The van der Waals surface area contributed by atoms with E-state index in [1.807, 2.05) is 0 Å². The highest BCUT2D eigenvalue weighted by molar-refractivity contribution is 5.81. The van der Waals surface area contributed by atoms with Crippen molar-refractivity contribution in [3.63, 3.8) is 0 Å². The Kier molecular flexibility index (Phi) is 4.32. The van der Waals surface area contributed by atoms with E-state index >= 15 is 0 Å². The maximum Gasteiger partial charge on any atom is 0.0456 e. The molecule has 3 rings (SSSR count). The average Bonchev–Trinajstić information content (AvgIpc) is 2.90. The van der Waals surface area contributed by atoms with Crippen LogP contribution in [0.1, 0.15) is 56.7 Å². The Labute approximate surface area is 127 Å². The van der Waals surface area contributed by atoms with E-state index in [1.54, 1.807) is 0 Å². The van der Waals surface area contributed by atoms with Gasteiger partial charge in [0.25, 0.3) is 0 Å². The lowest BCUT2D eigenvalue weighted by Crippen LogP contribution is -2.36. The van der Waals surface area contributed by atoms with Crippen LogP contribution in [0.5, 0.6) is 0 Å². The fourth-order valence-corrected chi connectivity index (χ4v) is 3.21. The zero-order valence-electron chi connectivity index (χ0n) is 13.2. The number of aromatic amines is 1. The molecule has 2 aromatic rings. The number of hydrogen-bond donors (Lipinski definition) is 3. The molecule has 0 spiro atoms. The number of H-pyrrole nitrogens is 1. The molecule has 3 heteroatoms. The van der Waals surface area contributed by atoms with Gasteiger partial charge in [0.15, 0.2) is 0 Å². The molecule has 1 heterocycles. The Morgan fingerprint density at radius 2 is 1.95 bits per heavy atom. The van der Waals surface area contributed by atoms with Gasteiger partial charge in [-0.2, -0.15) is 0 Å². The van der Waals surface area contributed by atoms with Crippen molar-refractivity contribution >= 4 is 10.9 Å². The smallest absolute Gasteiger partial charge is 0.0456 e. The van der Waals surface area contributed by atoms with Crippen LogP contribution >= 0.6 is 0 Å².